The van der Waals surface area contributed by atoms with Crippen molar-refractivity contribution in [3.63, 3.8) is 0 Å². The van der Waals surface area contributed by atoms with Crippen LogP contribution in [0.1, 0.15) is 32.8 Å². The molecule has 6 nitrogen and oxygen atoms in total. The molecule has 9 heteroatoms. The molecule has 0 saturated heterocycles. The van der Waals surface area contributed by atoms with Crippen LogP contribution in [0.15, 0.2) is 42.5 Å². The maximum atomic E-state index is 13.4. The standard InChI is InChI=1S/C20H15ClF2N4O2/c21-13-9-15(23)14(22)8-12(13)19(28)24-18-10-16(25-26-18)20(29)27-7-3-5-11-4-1-2-6-17(11)27/h1-2,4,6,8-10H,3,5,7H2,(H2,24,25,26,28). The van der Waals surface area contributed by atoms with Crippen molar-refractivity contribution in [1.82, 2.24) is 10.2 Å². The highest BCUT2D eigenvalue weighted by molar-refractivity contribution is 6.34. The van der Waals surface area contributed by atoms with Gasteiger partial charge in [-0.3, -0.25) is 14.7 Å². The number of nitrogens with one attached hydrogen (secondary N) is 2. The first-order valence-corrected chi connectivity index (χ1v) is 9.23. The summed E-state index contributed by atoms with van der Waals surface area (Å²) >= 11 is 5.81. The van der Waals surface area contributed by atoms with E-state index < -0.39 is 17.5 Å². The Morgan fingerprint density at radius 1 is 1.14 bits per heavy atom. The Bertz CT molecular complexity index is 1120. The van der Waals surface area contributed by atoms with Gasteiger partial charge in [-0.2, -0.15) is 5.10 Å². The SMILES string of the molecule is O=C(Nc1cc(C(=O)N2CCCc3ccccc32)[nH]n1)c1cc(F)c(F)cc1Cl. The van der Waals surface area contributed by atoms with Crippen molar-refractivity contribution < 1.29 is 18.4 Å². The van der Waals surface area contributed by atoms with Crippen LogP contribution in [-0.4, -0.2) is 28.6 Å². The van der Waals surface area contributed by atoms with Crippen molar-refractivity contribution in [2.75, 3.05) is 16.8 Å². The van der Waals surface area contributed by atoms with Crippen molar-refractivity contribution in [3.05, 3.63) is 75.9 Å². The van der Waals surface area contributed by atoms with Crippen LogP contribution in [-0.2, 0) is 6.42 Å². The first-order valence-electron chi connectivity index (χ1n) is 8.85. The molecule has 1 aliphatic rings. The van der Waals surface area contributed by atoms with Crippen LogP contribution < -0.4 is 10.2 Å². The molecule has 0 unspecified atom stereocenters. The average Bonchev–Trinajstić information content (AvgIpc) is 3.18. The first kappa shape index (κ1) is 19.1. The van der Waals surface area contributed by atoms with Gasteiger partial charge in [-0.1, -0.05) is 29.8 Å². The minimum Gasteiger partial charge on any atom is -0.307 e. The van der Waals surface area contributed by atoms with Gasteiger partial charge in [0.15, 0.2) is 17.5 Å². The van der Waals surface area contributed by atoms with E-state index in [1.807, 2.05) is 24.3 Å². The number of nitrogens with zero attached hydrogens (tertiary/aromatic N) is 2. The fourth-order valence-electron chi connectivity index (χ4n) is 3.27. The molecule has 2 N–H and O–H groups in total. The number of hydrogen-bond donors (Lipinski definition) is 2. The smallest absolute Gasteiger partial charge is 0.276 e. The molecule has 3 aromatic rings. The molecule has 0 aliphatic carbocycles. The number of anilines is 2. The van der Waals surface area contributed by atoms with Crippen LogP contribution in [0.3, 0.4) is 0 Å². The number of H-pyrrole nitrogens is 1. The number of aryl methyl sites for hydroxylation is 1. The Hall–Kier alpha value is -3.26. The Kier molecular flexibility index (Phi) is 5.02. The molecule has 2 heterocycles. The third-order valence-electron chi connectivity index (χ3n) is 4.66. The van der Waals surface area contributed by atoms with Gasteiger partial charge >= 0.3 is 0 Å². The normalized spacial score (nSPS) is 13.1. The maximum absolute atomic E-state index is 13.4. The average molecular weight is 417 g/mol. The van der Waals surface area contributed by atoms with Crippen molar-refractivity contribution in [3.8, 4) is 0 Å². The Morgan fingerprint density at radius 2 is 1.90 bits per heavy atom. The third-order valence-corrected chi connectivity index (χ3v) is 4.97. The maximum Gasteiger partial charge on any atom is 0.276 e. The molecule has 1 aromatic heterocycles. The van der Waals surface area contributed by atoms with Gasteiger partial charge in [0.05, 0.1) is 10.6 Å². The minimum absolute atomic E-state index is 0.0597. The van der Waals surface area contributed by atoms with Crippen molar-refractivity contribution >= 4 is 34.9 Å². The summed E-state index contributed by atoms with van der Waals surface area (Å²) < 4.78 is 26.6. The van der Waals surface area contributed by atoms with Gasteiger partial charge < -0.3 is 10.2 Å². The highest BCUT2D eigenvalue weighted by atomic mass is 35.5. The van der Waals surface area contributed by atoms with E-state index in [1.54, 1.807) is 4.90 Å². The fraction of sp³-hybridized carbons (Fsp3) is 0.150. The zero-order valence-corrected chi connectivity index (χ0v) is 15.8. The second-order valence-corrected chi connectivity index (χ2v) is 6.96. The number of amides is 2. The Balaban J connectivity index is 1.53. The summed E-state index contributed by atoms with van der Waals surface area (Å²) in [6.45, 7) is 0.570. The minimum atomic E-state index is -1.19. The summed E-state index contributed by atoms with van der Waals surface area (Å²) in [6.07, 6.45) is 1.74. The van der Waals surface area contributed by atoms with E-state index in [2.05, 4.69) is 15.5 Å². The molecule has 0 radical (unpaired) electrons. The van der Waals surface area contributed by atoms with Gasteiger partial charge in [0.1, 0.15) is 5.69 Å². The van der Waals surface area contributed by atoms with Gasteiger partial charge in [-0.25, -0.2) is 8.78 Å². The number of hydrogen-bond acceptors (Lipinski definition) is 3. The number of benzene rings is 2. The number of aromatic nitrogens is 2. The quantitative estimate of drug-likeness (QED) is 0.628. The van der Waals surface area contributed by atoms with Crippen LogP contribution in [0.4, 0.5) is 20.3 Å². The van der Waals surface area contributed by atoms with Gasteiger partial charge in [0.2, 0.25) is 0 Å². The lowest BCUT2D eigenvalue weighted by molar-refractivity contribution is 0.0978. The van der Waals surface area contributed by atoms with E-state index in [0.717, 1.165) is 30.2 Å². The summed E-state index contributed by atoms with van der Waals surface area (Å²) in [5.41, 5.74) is 1.88. The molecule has 0 atom stereocenters. The van der Waals surface area contributed by atoms with Crippen molar-refractivity contribution in [1.29, 1.82) is 0 Å². The lowest BCUT2D eigenvalue weighted by Gasteiger charge is -2.28. The number of para-hydroxylation sites is 1. The number of halogens is 3. The van der Waals surface area contributed by atoms with Gasteiger partial charge in [-0.15, -0.1) is 0 Å². The summed E-state index contributed by atoms with van der Waals surface area (Å²) in [5.74, 6) is -3.34. The molecule has 0 bridgehead atoms. The van der Waals surface area contributed by atoms with E-state index in [4.69, 9.17) is 11.6 Å². The zero-order valence-electron chi connectivity index (χ0n) is 15.0. The summed E-state index contributed by atoms with van der Waals surface area (Å²) in [4.78, 5) is 26.9. The van der Waals surface area contributed by atoms with E-state index in [-0.39, 0.29) is 28.0 Å². The molecule has 0 fully saturated rings. The Morgan fingerprint density at radius 3 is 2.72 bits per heavy atom. The second-order valence-electron chi connectivity index (χ2n) is 6.56. The number of carbonyl (C=O) groups excluding carboxylic acids is 2. The van der Waals surface area contributed by atoms with E-state index in [9.17, 15) is 18.4 Å². The Labute approximate surface area is 169 Å². The highest BCUT2D eigenvalue weighted by Gasteiger charge is 2.25. The van der Waals surface area contributed by atoms with Gasteiger partial charge in [0, 0.05) is 18.3 Å². The third kappa shape index (κ3) is 3.71. The molecule has 2 amide bonds. The van der Waals surface area contributed by atoms with Crippen LogP contribution in [0, 0.1) is 11.6 Å². The highest BCUT2D eigenvalue weighted by Crippen LogP contribution is 2.28. The monoisotopic (exact) mass is 416 g/mol. The lowest BCUT2D eigenvalue weighted by Crippen LogP contribution is -2.35. The van der Waals surface area contributed by atoms with Crippen LogP contribution in [0.2, 0.25) is 5.02 Å². The van der Waals surface area contributed by atoms with Gasteiger partial charge in [0.25, 0.3) is 11.8 Å². The van der Waals surface area contributed by atoms with E-state index in [1.165, 1.54) is 6.07 Å². The zero-order chi connectivity index (χ0) is 20.5. The molecular formula is C20H15ClF2N4O2. The summed E-state index contributed by atoms with van der Waals surface area (Å²) in [7, 11) is 0. The molecular weight excluding hydrogens is 402 g/mol. The summed E-state index contributed by atoms with van der Waals surface area (Å²) in [5, 5.41) is 8.69. The second kappa shape index (κ2) is 7.63. The number of aromatic amines is 1. The molecule has 29 heavy (non-hydrogen) atoms. The predicted octanol–water partition coefficient (Wildman–Crippen LogP) is 4.19. The molecule has 4 rings (SSSR count). The lowest BCUT2D eigenvalue weighted by atomic mass is 10.0. The summed E-state index contributed by atoms with van der Waals surface area (Å²) in [6, 6.07) is 10.5. The number of carbonyl (C=O) groups is 2. The number of rotatable bonds is 3. The van der Waals surface area contributed by atoms with Gasteiger partial charge in [-0.05, 0) is 36.6 Å². The molecule has 0 spiro atoms. The predicted molar refractivity (Wildman–Crippen MR) is 104 cm³/mol. The molecule has 0 saturated carbocycles. The molecule has 148 valence electrons. The topological polar surface area (TPSA) is 78.1 Å². The van der Waals surface area contributed by atoms with Crippen LogP contribution >= 0.6 is 11.6 Å². The van der Waals surface area contributed by atoms with Crippen LogP contribution in [0.25, 0.3) is 0 Å². The van der Waals surface area contributed by atoms with Crippen molar-refractivity contribution in [2.24, 2.45) is 0 Å². The molecule has 1 aliphatic heterocycles. The van der Waals surface area contributed by atoms with Crippen molar-refractivity contribution in [2.45, 2.75) is 12.8 Å². The first-order chi connectivity index (χ1) is 13.9. The van der Waals surface area contributed by atoms with E-state index >= 15 is 0 Å². The van der Waals surface area contributed by atoms with E-state index in [0.29, 0.717) is 12.6 Å². The number of fused-ring (bicyclic) bond motifs is 1. The molecule has 2 aromatic carbocycles. The van der Waals surface area contributed by atoms with Crippen LogP contribution in [0.5, 0.6) is 0 Å². The largest absolute Gasteiger partial charge is 0.307 e. The fourth-order valence-corrected chi connectivity index (χ4v) is 3.50.